The van der Waals surface area contributed by atoms with Crippen molar-refractivity contribution in [3.8, 4) is 0 Å². The molecule has 1 fully saturated rings. The first-order valence-corrected chi connectivity index (χ1v) is 6.51. The van der Waals surface area contributed by atoms with Crippen molar-refractivity contribution in [2.75, 3.05) is 26.2 Å². The highest BCUT2D eigenvalue weighted by Crippen LogP contribution is 2.20. The number of morpholine rings is 1. The van der Waals surface area contributed by atoms with Gasteiger partial charge in [0.25, 0.3) is 0 Å². The third-order valence-electron chi connectivity index (χ3n) is 2.71. The Morgan fingerprint density at radius 2 is 2.00 bits per heavy atom. The van der Waals surface area contributed by atoms with E-state index in [0.29, 0.717) is 13.1 Å². The van der Waals surface area contributed by atoms with Crippen LogP contribution in [0.2, 0.25) is 0 Å². The van der Waals surface area contributed by atoms with Gasteiger partial charge in [0, 0.05) is 13.1 Å². The molecule has 1 heterocycles. The predicted molar refractivity (Wildman–Crippen MR) is 68.7 cm³/mol. The van der Waals surface area contributed by atoms with Gasteiger partial charge in [-0.05, 0) is 20.8 Å². The molecule has 3 amide bonds. The highest BCUT2D eigenvalue weighted by atomic mass is 19.4. The number of rotatable bonds is 3. The number of carbonyl (C=O) groups excluding carboxylic acids is 2. The topological polar surface area (TPSA) is 70.7 Å². The second-order valence-electron chi connectivity index (χ2n) is 5.70. The van der Waals surface area contributed by atoms with E-state index in [2.05, 4.69) is 0 Å². The van der Waals surface area contributed by atoms with Crippen molar-refractivity contribution in [2.24, 2.45) is 0 Å². The number of hydrogen-bond donors (Lipinski definition) is 2. The molecule has 6 nitrogen and oxygen atoms in total. The Labute approximate surface area is 121 Å². The molecule has 0 aromatic rings. The number of nitrogens with zero attached hydrogens (tertiary/aromatic N) is 1. The molecule has 21 heavy (non-hydrogen) atoms. The monoisotopic (exact) mass is 311 g/mol. The van der Waals surface area contributed by atoms with Gasteiger partial charge in [0.05, 0.1) is 18.2 Å². The Morgan fingerprint density at radius 3 is 2.52 bits per heavy atom. The van der Waals surface area contributed by atoms with Gasteiger partial charge in [-0.2, -0.15) is 13.2 Å². The average molecular weight is 311 g/mol. The minimum Gasteiger partial charge on any atom is -0.370 e. The Balaban J connectivity index is 2.38. The van der Waals surface area contributed by atoms with Crippen molar-refractivity contribution in [3.63, 3.8) is 0 Å². The van der Waals surface area contributed by atoms with Crippen LogP contribution in [-0.4, -0.2) is 60.9 Å². The van der Waals surface area contributed by atoms with Crippen LogP contribution in [0.1, 0.15) is 20.8 Å². The summed E-state index contributed by atoms with van der Waals surface area (Å²) in [4.78, 5) is 24.6. The van der Waals surface area contributed by atoms with E-state index in [1.165, 1.54) is 0 Å². The van der Waals surface area contributed by atoms with Crippen molar-refractivity contribution < 1.29 is 27.5 Å². The molecule has 1 atom stereocenters. The van der Waals surface area contributed by atoms with Gasteiger partial charge < -0.3 is 10.1 Å². The van der Waals surface area contributed by atoms with E-state index in [1.807, 2.05) is 26.1 Å². The Hall–Kier alpha value is -1.35. The molecule has 1 aliphatic rings. The lowest BCUT2D eigenvalue weighted by Crippen LogP contribution is -2.55. The van der Waals surface area contributed by atoms with Gasteiger partial charge in [0.15, 0.2) is 0 Å². The lowest BCUT2D eigenvalue weighted by molar-refractivity contribution is -0.139. The standard InChI is InChI=1S/C12H20F3N3O3/c1-8-4-18(7-11(2,3)21-8)5-9(19)17-10(20)16-6-12(13,14)15/h8H,4-7H2,1-3H3,(H2,16,17,19,20). The first-order chi connectivity index (χ1) is 9.47. The number of hydrogen-bond acceptors (Lipinski definition) is 4. The second kappa shape index (κ2) is 6.61. The first kappa shape index (κ1) is 17.7. The molecular weight excluding hydrogens is 291 g/mol. The quantitative estimate of drug-likeness (QED) is 0.811. The largest absolute Gasteiger partial charge is 0.405 e. The first-order valence-electron chi connectivity index (χ1n) is 6.51. The van der Waals surface area contributed by atoms with Crippen LogP contribution >= 0.6 is 0 Å². The molecule has 1 saturated heterocycles. The van der Waals surface area contributed by atoms with Crippen LogP contribution < -0.4 is 10.6 Å². The summed E-state index contributed by atoms with van der Waals surface area (Å²) in [5, 5.41) is 3.45. The smallest absolute Gasteiger partial charge is 0.370 e. The van der Waals surface area contributed by atoms with Crippen LogP contribution in [0.3, 0.4) is 0 Å². The molecule has 0 saturated carbocycles. The minimum absolute atomic E-state index is 0.0689. The Kier molecular flexibility index (Phi) is 5.57. The maximum atomic E-state index is 11.9. The van der Waals surface area contributed by atoms with Crippen molar-refractivity contribution in [1.82, 2.24) is 15.5 Å². The zero-order valence-electron chi connectivity index (χ0n) is 12.2. The molecule has 0 radical (unpaired) electrons. The van der Waals surface area contributed by atoms with Gasteiger partial charge in [0.1, 0.15) is 6.54 Å². The Morgan fingerprint density at radius 1 is 1.38 bits per heavy atom. The summed E-state index contributed by atoms with van der Waals surface area (Å²) in [6.07, 6.45) is -4.58. The molecule has 0 aromatic heterocycles. The van der Waals surface area contributed by atoms with E-state index in [-0.39, 0.29) is 12.6 Å². The SMILES string of the molecule is CC1CN(CC(=O)NC(=O)NCC(F)(F)F)CC(C)(C)O1. The third-order valence-corrected chi connectivity index (χ3v) is 2.71. The number of halogens is 3. The fourth-order valence-electron chi connectivity index (χ4n) is 2.30. The molecule has 1 aliphatic heterocycles. The van der Waals surface area contributed by atoms with Crippen LogP contribution in [0.5, 0.6) is 0 Å². The summed E-state index contributed by atoms with van der Waals surface area (Å²) in [5.74, 6) is -0.653. The van der Waals surface area contributed by atoms with E-state index in [1.54, 1.807) is 10.2 Å². The van der Waals surface area contributed by atoms with E-state index < -0.39 is 30.3 Å². The molecule has 122 valence electrons. The summed E-state index contributed by atoms with van der Waals surface area (Å²) < 4.78 is 41.4. The lowest BCUT2D eigenvalue weighted by Gasteiger charge is -2.41. The van der Waals surface area contributed by atoms with Gasteiger partial charge in [-0.15, -0.1) is 0 Å². The van der Waals surface area contributed by atoms with Crippen molar-refractivity contribution in [1.29, 1.82) is 0 Å². The van der Waals surface area contributed by atoms with Gasteiger partial charge >= 0.3 is 12.2 Å². The zero-order valence-corrected chi connectivity index (χ0v) is 12.2. The molecule has 9 heteroatoms. The highest BCUT2D eigenvalue weighted by molar-refractivity contribution is 5.95. The normalized spacial score (nSPS) is 22.7. The van der Waals surface area contributed by atoms with E-state index in [0.717, 1.165) is 0 Å². The Bertz CT molecular complexity index is 399. The lowest BCUT2D eigenvalue weighted by atomic mass is 10.1. The average Bonchev–Trinajstić information content (AvgIpc) is 2.21. The van der Waals surface area contributed by atoms with Crippen LogP contribution in [0.4, 0.5) is 18.0 Å². The molecule has 1 unspecified atom stereocenters. The number of carbonyl (C=O) groups is 2. The molecular formula is C12H20F3N3O3. The summed E-state index contributed by atoms with van der Waals surface area (Å²) in [5.41, 5.74) is -0.420. The number of nitrogens with one attached hydrogen (secondary N) is 2. The van der Waals surface area contributed by atoms with Crippen LogP contribution in [-0.2, 0) is 9.53 Å². The fourth-order valence-corrected chi connectivity index (χ4v) is 2.30. The summed E-state index contributed by atoms with van der Waals surface area (Å²) >= 11 is 0. The number of urea groups is 1. The van der Waals surface area contributed by atoms with Gasteiger partial charge in [0.2, 0.25) is 5.91 Å². The second-order valence-corrected chi connectivity index (χ2v) is 5.70. The summed E-state index contributed by atoms with van der Waals surface area (Å²) in [6, 6.07) is -1.15. The van der Waals surface area contributed by atoms with Gasteiger partial charge in [-0.25, -0.2) is 4.79 Å². The van der Waals surface area contributed by atoms with E-state index >= 15 is 0 Å². The van der Waals surface area contributed by atoms with Crippen molar-refractivity contribution in [3.05, 3.63) is 0 Å². The molecule has 1 rings (SSSR count). The number of ether oxygens (including phenoxy) is 1. The van der Waals surface area contributed by atoms with Crippen LogP contribution in [0.15, 0.2) is 0 Å². The van der Waals surface area contributed by atoms with E-state index in [4.69, 9.17) is 4.74 Å². The van der Waals surface area contributed by atoms with Crippen LogP contribution in [0.25, 0.3) is 0 Å². The molecule has 0 bridgehead atoms. The predicted octanol–water partition coefficient (Wildman–Crippen LogP) is 0.874. The maximum absolute atomic E-state index is 11.9. The van der Waals surface area contributed by atoms with Crippen molar-refractivity contribution >= 4 is 11.9 Å². The number of alkyl halides is 3. The van der Waals surface area contributed by atoms with E-state index in [9.17, 15) is 22.8 Å². The zero-order chi connectivity index (χ0) is 16.3. The minimum atomic E-state index is -4.51. The summed E-state index contributed by atoms with van der Waals surface area (Å²) in [6.45, 7) is 5.08. The maximum Gasteiger partial charge on any atom is 0.405 e. The fraction of sp³-hybridized carbons (Fsp3) is 0.833. The summed E-state index contributed by atoms with van der Waals surface area (Å²) in [7, 11) is 0. The molecule has 2 N–H and O–H groups in total. The molecule has 0 aliphatic carbocycles. The number of amides is 3. The molecule has 0 aromatic carbocycles. The van der Waals surface area contributed by atoms with Crippen molar-refractivity contribution in [2.45, 2.75) is 38.7 Å². The number of imide groups is 1. The third kappa shape index (κ3) is 7.28. The van der Waals surface area contributed by atoms with Crippen LogP contribution in [0, 0.1) is 0 Å². The van der Waals surface area contributed by atoms with Gasteiger partial charge in [-0.1, -0.05) is 0 Å². The highest BCUT2D eigenvalue weighted by Gasteiger charge is 2.32. The molecule has 0 spiro atoms. The van der Waals surface area contributed by atoms with Gasteiger partial charge in [-0.3, -0.25) is 15.0 Å².